The van der Waals surface area contributed by atoms with Gasteiger partial charge in [0, 0.05) is 11.4 Å². The van der Waals surface area contributed by atoms with Gasteiger partial charge < -0.3 is 9.84 Å². The van der Waals surface area contributed by atoms with Gasteiger partial charge in [-0.05, 0) is 30.0 Å². The predicted octanol–water partition coefficient (Wildman–Crippen LogP) is 3.81. The van der Waals surface area contributed by atoms with E-state index in [0.717, 1.165) is 0 Å². The van der Waals surface area contributed by atoms with Crippen LogP contribution in [0.4, 0.5) is 0 Å². The molecule has 0 aliphatic rings. The van der Waals surface area contributed by atoms with Crippen LogP contribution in [-0.2, 0) is 4.79 Å². The molecule has 20 heavy (non-hydrogen) atoms. The molecule has 0 atom stereocenters. The van der Waals surface area contributed by atoms with Crippen LogP contribution in [0.15, 0.2) is 18.2 Å². The highest BCUT2D eigenvalue weighted by Crippen LogP contribution is 2.30. The molecule has 0 amide bonds. The van der Waals surface area contributed by atoms with Crippen LogP contribution in [0.1, 0.15) is 43.5 Å². The quantitative estimate of drug-likeness (QED) is 0.777. The van der Waals surface area contributed by atoms with E-state index in [1.54, 1.807) is 18.2 Å². The predicted molar refractivity (Wildman–Crippen MR) is 77.6 cm³/mol. The molecule has 110 valence electrons. The number of hydrogen-bond donors (Lipinski definition) is 1. The zero-order valence-electron chi connectivity index (χ0n) is 11.9. The van der Waals surface area contributed by atoms with E-state index in [9.17, 15) is 9.59 Å². The number of benzene rings is 1. The molecule has 0 unspecified atom stereocenters. The molecule has 0 spiro atoms. The molecule has 0 fully saturated rings. The van der Waals surface area contributed by atoms with Crippen molar-refractivity contribution in [1.82, 2.24) is 0 Å². The Kier molecular flexibility index (Phi) is 5.57. The summed E-state index contributed by atoms with van der Waals surface area (Å²) in [7, 11) is 1.49. The Balaban J connectivity index is 2.77. The van der Waals surface area contributed by atoms with E-state index in [-0.39, 0.29) is 18.6 Å². The molecule has 0 aliphatic carbocycles. The molecule has 0 heterocycles. The van der Waals surface area contributed by atoms with Gasteiger partial charge in [0.2, 0.25) is 0 Å². The Morgan fingerprint density at radius 2 is 2.00 bits per heavy atom. The van der Waals surface area contributed by atoms with Crippen molar-refractivity contribution >= 4 is 23.4 Å². The minimum Gasteiger partial charge on any atom is -0.496 e. The van der Waals surface area contributed by atoms with Gasteiger partial charge in [0.25, 0.3) is 0 Å². The number of aliphatic carboxylic acids is 1. The highest BCUT2D eigenvalue weighted by molar-refractivity contribution is 6.31. The van der Waals surface area contributed by atoms with Gasteiger partial charge in [0.15, 0.2) is 5.78 Å². The minimum atomic E-state index is -0.859. The van der Waals surface area contributed by atoms with Crippen molar-refractivity contribution in [3.63, 3.8) is 0 Å². The van der Waals surface area contributed by atoms with Crippen LogP contribution in [0.3, 0.4) is 0 Å². The first-order valence-corrected chi connectivity index (χ1v) is 6.71. The second kappa shape index (κ2) is 6.75. The first kappa shape index (κ1) is 16.5. The molecule has 4 nitrogen and oxygen atoms in total. The Bertz CT molecular complexity index is 509. The molecular weight excluding hydrogens is 280 g/mol. The zero-order chi connectivity index (χ0) is 15.3. The van der Waals surface area contributed by atoms with Crippen LogP contribution in [0.25, 0.3) is 0 Å². The molecule has 1 rings (SSSR count). The Labute approximate surface area is 123 Å². The van der Waals surface area contributed by atoms with Gasteiger partial charge in [-0.2, -0.15) is 0 Å². The summed E-state index contributed by atoms with van der Waals surface area (Å²) in [6.45, 7) is 3.67. The summed E-state index contributed by atoms with van der Waals surface area (Å²) < 4.78 is 5.14. The van der Waals surface area contributed by atoms with E-state index >= 15 is 0 Å². The third-order valence-electron chi connectivity index (χ3n) is 3.12. The van der Waals surface area contributed by atoms with Gasteiger partial charge in [0.1, 0.15) is 5.75 Å². The van der Waals surface area contributed by atoms with Crippen molar-refractivity contribution in [2.45, 2.75) is 33.1 Å². The zero-order valence-corrected chi connectivity index (χ0v) is 12.7. The standard InChI is InChI=1S/C15H19ClO4/c1-15(2,9-14(18)19)7-6-12(17)11-8-10(16)4-5-13(11)20-3/h4-5,8H,6-7,9H2,1-3H3,(H,18,19). The molecule has 0 saturated carbocycles. The number of carbonyl (C=O) groups is 2. The largest absolute Gasteiger partial charge is 0.496 e. The van der Waals surface area contributed by atoms with Gasteiger partial charge >= 0.3 is 5.97 Å². The van der Waals surface area contributed by atoms with Crippen molar-refractivity contribution in [3.8, 4) is 5.75 Å². The maximum atomic E-state index is 12.2. The highest BCUT2D eigenvalue weighted by atomic mass is 35.5. The minimum absolute atomic E-state index is 0.0347. The molecule has 0 aliphatic heterocycles. The van der Waals surface area contributed by atoms with Crippen LogP contribution in [0.5, 0.6) is 5.75 Å². The molecule has 0 radical (unpaired) electrons. The molecule has 0 bridgehead atoms. The summed E-state index contributed by atoms with van der Waals surface area (Å²) in [4.78, 5) is 23.0. The lowest BCUT2D eigenvalue weighted by Crippen LogP contribution is -2.18. The van der Waals surface area contributed by atoms with Crippen molar-refractivity contribution in [3.05, 3.63) is 28.8 Å². The number of ether oxygens (including phenoxy) is 1. The molecule has 5 heteroatoms. The number of carboxylic acids is 1. The van der Waals surface area contributed by atoms with Crippen LogP contribution >= 0.6 is 11.6 Å². The monoisotopic (exact) mass is 298 g/mol. The number of rotatable bonds is 7. The Morgan fingerprint density at radius 1 is 1.35 bits per heavy atom. The number of halogens is 1. The molecule has 1 aromatic rings. The lowest BCUT2D eigenvalue weighted by Gasteiger charge is -2.21. The molecule has 0 aromatic heterocycles. The van der Waals surface area contributed by atoms with E-state index < -0.39 is 11.4 Å². The van der Waals surface area contributed by atoms with Gasteiger partial charge in [0.05, 0.1) is 19.1 Å². The summed E-state index contributed by atoms with van der Waals surface area (Å²) >= 11 is 5.89. The SMILES string of the molecule is COc1ccc(Cl)cc1C(=O)CCC(C)(C)CC(=O)O. The maximum Gasteiger partial charge on any atom is 0.303 e. The molecule has 0 saturated heterocycles. The van der Waals surface area contributed by atoms with E-state index in [0.29, 0.717) is 22.8 Å². The molecule has 1 N–H and O–H groups in total. The number of carbonyl (C=O) groups excluding carboxylic acids is 1. The summed E-state index contributed by atoms with van der Waals surface area (Å²) in [5.74, 6) is -0.471. The number of ketones is 1. The summed E-state index contributed by atoms with van der Waals surface area (Å²) in [6, 6.07) is 4.89. The van der Waals surface area contributed by atoms with Gasteiger partial charge in [-0.25, -0.2) is 0 Å². The number of methoxy groups -OCH3 is 1. The van der Waals surface area contributed by atoms with E-state index in [4.69, 9.17) is 21.4 Å². The lowest BCUT2D eigenvalue weighted by molar-refractivity contribution is -0.139. The van der Waals surface area contributed by atoms with Crippen molar-refractivity contribution in [2.75, 3.05) is 7.11 Å². The fraction of sp³-hybridized carbons (Fsp3) is 0.467. The fourth-order valence-corrected chi connectivity index (χ4v) is 2.15. The van der Waals surface area contributed by atoms with Crippen LogP contribution < -0.4 is 4.74 Å². The van der Waals surface area contributed by atoms with Gasteiger partial charge in [-0.15, -0.1) is 0 Å². The van der Waals surface area contributed by atoms with Crippen molar-refractivity contribution in [2.24, 2.45) is 5.41 Å². The number of hydrogen-bond acceptors (Lipinski definition) is 3. The topological polar surface area (TPSA) is 63.6 Å². The normalized spacial score (nSPS) is 11.2. The number of carboxylic acid groups (broad SMARTS) is 1. The Morgan fingerprint density at radius 3 is 2.55 bits per heavy atom. The van der Waals surface area contributed by atoms with Crippen molar-refractivity contribution < 1.29 is 19.4 Å². The molecular formula is C15H19ClO4. The van der Waals surface area contributed by atoms with Gasteiger partial charge in [-0.1, -0.05) is 25.4 Å². The fourth-order valence-electron chi connectivity index (χ4n) is 1.98. The van der Waals surface area contributed by atoms with Crippen LogP contribution in [-0.4, -0.2) is 24.0 Å². The number of Topliss-reactive ketones (excluding diaryl/α,β-unsaturated/α-hetero) is 1. The highest BCUT2D eigenvalue weighted by Gasteiger charge is 2.24. The van der Waals surface area contributed by atoms with Crippen LogP contribution in [0.2, 0.25) is 5.02 Å². The third-order valence-corrected chi connectivity index (χ3v) is 3.36. The smallest absolute Gasteiger partial charge is 0.303 e. The van der Waals surface area contributed by atoms with Gasteiger partial charge in [-0.3, -0.25) is 9.59 Å². The first-order chi connectivity index (χ1) is 9.25. The average Bonchev–Trinajstić information content (AvgIpc) is 2.34. The van der Waals surface area contributed by atoms with E-state index in [1.807, 2.05) is 13.8 Å². The second-order valence-electron chi connectivity index (χ2n) is 5.50. The molecule has 1 aromatic carbocycles. The van der Waals surface area contributed by atoms with E-state index in [2.05, 4.69) is 0 Å². The summed E-state index contributed by atoms with van der Waals surface area (Å²) in [6.07, 6.45) is 0.789. The summed E-state index contributed by atoms with van der Waals surface area (Å²) in [5, 5.41) is 9.30. The first-order valence-electron chi connectivity index (χ1n) is 6.34. The third kappa shape index (κ3) is 4.85. The second-order valence-corrected chi connectivity index (χ2v) is 5.94. The summed E-state index contributed by atoms with van der Waals surface area (Å²) in [5.41, 5.74) is 0.0129. The van der Waals surface area contributed by atoms with E-state index in [1.165, 1.54) is 7.11 Å². The van der Waals surface area contributed by atoms with Crippen molar-refractivity contribution in [1.29, 1.82) is 0 Å². The lowest BCUT2D eigenvalue weighted by atomic mass is 9.83. The Hall–Kier alpha value is -1.55. The average molecular weight is 299 g/mol. The maximum absolute atomic E-state index is 12.2. The van der Waals surface area contributed by atoms with Crippen LogP contribution in [0, 0.1) is 5.41 Å².